The van der Waals surface area contributed by atoms with Gasteiger partial charge in [0.05, 0.1) is 6.54 Å². The molecule has 4 heteroatoms. The molecule has 0 atom stereocenters. The van der Waals surface area contributed by atoms with Crippen LogP contribution in [-0.2, 0) is 12.9 Å². The van der Waals surface area contributed by atoms with Gasteiger partial charge in [0, 0.05) is 25.8 Å². The molecule has 0 aliphatic carbocycles. The third-order valence-corrected chi connectivity index (χ3v) is 2.72. The fourth-order valence-electron chi connectivity index (χ4n) is 1.70. The minimum absolute atomic E-state index is 0.163. The molecule has 0 amide bonds. The molecule has 1 aromatic carbocycles. The maximum atomic E-state index is 8.28. The summed E-state index contributed by atoms with van der Waals surface area (Å²) in [6.07, 6.45) is 1.89. The van der Waals surface area contributed by atoms with Crippen molar-refractivity contribution in [3.8, 4) is 0 Å². The van der Waals surface area contributed by atoms with Gasteiger partial charge in [-0.05, 0) is 42.1 Å². The van der Waals surface area contributed by atoms with Crippen molar-refractivity contribution in [3.63, 3.8) is 0 Å². The van der Waals surface area contributed by atoms with Crippen molar-refractivity contribution in [1.29, 1.82) is 0 Å². The van der Waals surface area contributed by atoms with Gasteiger partial charge >= 0.3 is 0 Å². The molecule has 0 fully saturated rings. The molecule has 2 rings (SSSR count). The number of nitrogens with one attached hydrogen (secondary N) is 1. The van der Waals surface area contributed by atoms with Crippen molar-refractivity contribution in [2.45, 2.75) is 26.8 Å². The average Bonchev–Trinajstić information content (AvgIpc) is 2.46. The van der Waals surface area contributed by atoms with Gasteiger partial charge in [0.25, 0.3) is 0 Å². The summed E-state index contributed by atoms with van der Waals surface area (Å²) in [5.41, 5.74) is 1.27. The molecule has 1 N–H and O–H groups in total. The molecular weight excluding hydrogens is 258 g/mol. The van der Waals surface area contributed by atoms with E-state index in [0.29, 0.717) is 28.6 Å². The van der Waals surface area contributed by atoms with Crippen LogP contribution in [0.2, 0.25) is 5.02 Å². The van der Waals surface area contributed by atoms with E-state index in [4.69, 9.17) is 14.3 Å². The highest BCUT2D eigenvalue weighted by Gasteiger charge is 2.06. The lowest BCUT2D eigenvalue weighted by atomic mass is 10.0. The Morgan fingerprint density at radius 2 is 2.05 bits per heavy atom. The van der Waals surface area contributed by atoms with E-state index in [1.807, 2.05) is 13.8 Å². The van der Waals surface area contributed by atoms with E-state index in [1.165, 1.54) is 0 Å². The molecule has 2 aromatic rings. The van der Waals surface area contributed by atoms with E-state index < -0.39 is 6.37 Å². The third-order valence-electron chi connectivity index (χ3n) is 2.48. The van der Waals surface area contributed by atoms with Gasteiger partial charge in [-0.15, -0.1) is 0 Å². The minimum Gasteiger partial charge on any atom is -0.378 e. The number of halogens is 1. The zero-order valence-corrected chi connectivity index (χ0v) is 11.8. The number of benzene rings is 1. The monoisotopic (exact) mass is 277 g/mol. The Labute approximate surface area is 121 Å². The first-order valence-corrected chi connectivity index (χ1v) is 6.59. The van der Waals surface area contributed by atoms with Crippen molar-refractivity contribution < 1.29 is 2.74 Å². The summed E-state index contributed by atoms with van der Waals surface area (Å²) in [7, 11) is 0. The van der Waals surface area contributed by atoms with Crippen LogP contribution in [0.1, 0.15) is 28.0 Å². The second-order valence-corrected chi connectivity index (χ2v) is 4.94. The lowest BCUT2D eigenvalue weighted by Gasteiger charge is -2.13. The van der Waals surface area contributed by atoms with E-state index in [1.54, 1.807) is 36.7 Å². The van der Waals surface area contributed by atoms with Crippen molar-refractivity contribution >= 4 is 17.3 Å². The zero-order chi connectivity index (χ0) is 15.5. The van der Waals surface area contributed by atoms with Gasteiger partial charge in [0.15, 0.2) is 0 Å². The summed E-state index contributed by atoms with van der Waals surface area (Å²) in [4.78, 5) is 8.29. The molecule has 0 bridgehead atoms. The molecular formula is C15H18ClN3. The van der Waals surface area contributed by atoms with Crippen LogP contribution in [0, 0.1) is 5.92 Å². The summed E-state index contributed by atoms with van der Waals surface area (Å²) >= 11 is 6.03. The minimum atomic E-state index is -1.47. The molecule has 0 unspecified atom stereocenters. The molecule has 0 spiro atoms. The van der Waals surface area contributed by atoms with Gasteiger partial charge in [-0.3, -0.25) is 0 Å². The van der Waals surface area contributed by atoms with E-state index in [0.717, 1.165) is 0 Å². The normalized spacial score (nSPS) is 13.1. The summed E-state index contributed by atoms with van der Waals surface area (Å²) in [6, 6.07) is 6.97. The average molecular weight is 278 g/mol. The molecule has 0 aliphatic rings. The molecule has 1 aromatic heterocycles. The first kappa shape index (κ1) is 11.2. The van der Waals surface area contributed by atoms with Gasteiger partial charge in [0.1, 0.15) is 5.82 Å². The highest BCUT2D eigenvalue weighted by atomic mass is 35.5. The molecule has 19 heavy (non-hydrogen) atoms. The molecule has 3 nitrogen and oxygen atoms in total. The Morgan fingerprint density at radius 1 is 1.32 bits per heavy atom. The van der Waals surface area contributed by atoms with Crippen LogP contribution in [0.3, 0.4) is 0 Å². The fraction of sp³-hybridized carbons (Fsp3) is 0.333. The van der Waals surface area contributed by atoms with Crippen LogP contribution in [0.15, 0.2) is 36.7 Å². The van der Waals surface area contributed by atoms with Gasteiger partial charge < -0.3 is 5.32 Å². The van der Waals surface area contributed by atoms with E-state index in [-0.39, 0.29) is 5.92 Å². The van der Waals surface area contributed by atoms with Gasteiger partial charge in [0.2, 0.25) is 0 Å². The van der Waals surface area contributed by atoms with Crippen LogP contribution in [0.25, 0.3) is 0 Å². The van der Waals surface area contributed by atoms with Crippen molar-refractivity contribution in [2.24, 2.45) is 5.92 Å². The summed E-state index contributed by atoms with van der Waals surface area (Å²) in [6.45, 7) is 4.14. The Hall–Kier alpha value is -1.61. The Morgan fingerprint density at radius 3 is 2.74 bits per heavy atom. The second kappa shape index (κ2) is 6.53. The van der Waals surface area contributed by atoms with Crippen molar-refractivity contribution in [3.05, 3.63) is 53.1 Å². The summed E-state index contributed by atoms with van der Waals surface area (Å²) < 4.78 is 16.6. The molecule has 0 aliphatic heterocycles. The van der Waals surface area contributed by atoms with E-state index in [2.05, 4.69) is 15.3 Å². The highest BCUT2D eigenvalue weighted by Crippen LogP contribution is 2.23. The molecule has 100 valence electrons. The zero-order valence-electron chi connectivity index (χ0n) is 13.0. The Kier molecular flexibility index (Phi) is 3.86. The Balaban J connectivity index is 2.27. The lowest BCUT2D eigenvalue weighted by Crippen LogP contribution is -2.06. The highest BCUT2D eigenvalue weighted by molar-refractivity contribution is 6.30. The number of rotatable bonds is 5. The molecule has 0 saturated carbocycles. The molecule has 0 saturated heterocycles. The summed E-state index contributed by atoms with van der Waals surface area (Å²) in [5, 5.41) is 3.72. The van der Waals surface area contributed by atoms with Crippen LogP contribution in [0.5, 0.6) is 0 Å². The van der Waals surface area contributed by atoms with Gasteiger partial charge in [-0.2, -0.15) is 0 Å². The van der Waals surface area contributed by atoms with Crippen molar-refractivity contribution in [1.82, 2.24) is 9.97 Å². The number of anilines is 1. The number of nitrogens with zero attached hydrogens (tertiary/aromatic N) is 2. The van der Waals surface area contributed by atoms with Gasteiger partial charge in [-0.1, -0.05) is 25.4 Å². The first-order chi connectivity index (χ1) is 9.91. The maximum Gasteiger partial charge on any atom is 0.147 e. The van der Waals surface area contributed by atoms with Crippen LogP contribution in [-0.4, -0.2) is 9.97 Å². The standard InChI is InChI=1S/C15H18ClN3/c1-11(2)8-12-9-13(16)4-5-14(12)19-10-15-17-6-3-7-18-15/h3-7,9,11,19H,8,10H2,1-2H3/i8D2. The van der Waals surface area contributed by atoms with E-state index in [9.17, 15) is 0 Å². The van der Waals surface area contributed by atoms with E-state index >= 15 is 0 Å². The predicted octanol–water partition coefficient (Wildman–Crippen LogP) is 3.94. The summed E-state index contributed by atoms with van der Waals surface area (Å²) in [5.74, 6) is 0.494. The number of hydrogen-bond donors (Lipinski definition) is 1. The predicted molar refractivity (Wildman–Crippen MR) is 79.4 cm³/mol. The third kappa shape index (κ3) is 4.21. The maximum absolute atomic E-state index is 8.28. The largest absolute Gasteiger partial charge is 0.378 e. The number of aromatic nitrogens is 2. The topological polar surface area (TPSA) is 37.8 Å². The fourth-order valence-corrected chi connectivity index (χ4v) is 1.87. The van der Waals surface area contributed by atoms with Crippen LogP contribution >= 0.6 is 11.6 Å². The van der Waals surface area contributed by atoms with Crippen molar-refractivity contribution in [2.75, 3.05) is 5.32 Å². The SMILES string of the molecule is [2H]C([2H])(c1cc(Cl)ccc1NCc1ncccn1)C(C)C. The van der Waals surface area contributed by atoms with Crippen LogP contribution in [0.4, 0.5) is 5.69 Å². The lowest BCUT2D eigenvalue weighted by molar-refractivity contribution is 0.648. The first-order valence-electron chi connectivity index (χ1n) is 7.21. The second-order valence-electron chi connectivity index (χ2n) is 4.51. The number of hydrogen-bond acceptors (Lipinski definition) is 3. The molecule has 0 radical (unpaired) electrons. The molecule has 1 heterocycles. The smallest absolute Gasteiger partial charge is 0.147 e. The van der Waals surface area contributed by atoms with Gasteiger partial charge in [-0.25, -0.2) is 9.97 Å². The Bertz CT molecular complexity index is 603. The van der Waals surface area contributed by atoms with Crippen LogP contribution < -0.4 is 5.32 Å². The quantitative estimate of drug-likeness (QED) is 0.899.